The highest BCUT2D eigenvalue weighted by molar-refractivity contribution is 6.02. The molecule has 0 radical (unpaired) electrons. The van der Waals surface area contributed by atoms with Gasteiger partial charge in [0.2, 0.25) is 0 Å². The molecule has 3 rings (SSSR count). The van der Waals surface area contributed by atoms with Crippen molar-refractivity contribution in [2.75, 3.05) is 27.2 Å². The molecule has 0 aliphatic carbocycles. The van der Waals surface area contributed by atoms with Gasteiger partial charge < -0.3 is 9.59 Å². The molecular formula is C19H22NO+. The molecule has 3 aromatic carbocycles. The van der Waals surface area contributed by atoms with Crippen LogP contribution in [-0.4, -0.2) is 36.8 Å². The fraction of sp³-hybridized carbons (Fsp3) is 0.263. The van der Waals surface area contributed by atoms with Crippen LogP contribution in [0.2, 0.25) is 0 Å². The van der Waals surface area contributed by atoms with E-state index in [1.165, 1.54) is 27.1 Å². The number of hydrogen-bond acceptors (Lipinski definition) is 1. The average molecular weight is 280 g/mol. The van der Waals surface area contributed by atoms with E-state index in [9.17, 15) is 5.11 Å². The van der Waals surface area contributed by atoms with Gasteiger partial charge in [-0.3, -0.25) is 0 Å². The first kappa shape index (κ1) is 14.1. The predicted molar refractivity (Wildman–Crippen MR) is 89.2 cm³/mol. The zero-order valence-electron chi connectivity index (χ0n) is 12.7. The van der Waals surface area contributed by atoms with Crippen LogP contribution in [0.1, 0.15) is 5.56 Å². The largest absolute Gasteiger partial charge is 0.391 e. The number of fused-ring (bicyclic) bond motifs is 2. The van der Waals surface area contributed by atoms with Crippen LogP contribution >= 0.6 is 0 Å². The summed E-state index contributed by atoms with van der Waals surface area (Å²) < 4.78 is 0.786. The lowest BCUT2D eigenvalue weighted by atomic mass is 9.96. The summed E-state index contributed by atoms with van der Waals surface area (Å²) in [4.78, 5) is 0. The second-order valence-corrected chi connectivity index (χ2v) is 6.34. The van der Waals surface area contributed by atoms with Crippen LogP contribution in [0.25, 0.3) is 21.5 Å². The van der Waals surface area contributed by atoms with Crippen molar-refractivity contribution in [3.05, 3.63) is 60.2 Å². The molecule has 0 aliphatic rings. The van der Waals surface area contributed by atoms with E-state index in [2.05, 4.69) is 68.7 Å². The molecule has 21 heavy (non-hydrogen) atoms. The van der Waals surface area contributed by atoms with Crippen LogP contribution < -0.4 is 0 Å². The molecule has 0 atom stereocenters. The van der Waals surface area contributed by atoms with Gasteiger partial charge in [-0.2, -0.15) is 0 Å². The van der Waals surface area contributed by atoms with Crippen LogP contribution in [0.4, 0.5) is 0 Å². The Bertz CT molecular complexity index is 723. The quantitative estimate of drug-likeness (QED) is 0.572. The van der Waals surface area contributed by atoms with Gasteiger partial charge in [-0.1, -0.05) is 48.5 Å². The van der Waals surface area contributed by atoms with Crippen molar-refractivity contribution in [1.29, 1.82) is 0 Å². The third-order valence-corrected chi connectivity index (χ3v) is 4.17. The smallest absolute Gasteiger partial charge is 0.105 e. The highest BCUT2D eigenvalue weighted by atomic mass is 16.3. The maximum atomic E-state index is 9.29. The third-order valence-electron chi connectivity index (χ3n) is 4.17. The topological polar surface area (TPSA) is 20.2 Å². The van der Waals surface area contributed by atoms with E-state index in [1.807, 2.05) is 0 Å². The van der Waals surface area contributed by atoms with E-state index in [1.54, 1.807) is 0 Å². The van der Waals surface area contributed by atoms with Crippen molar-refractivity contribution in [2.45, 2.75) is 6.54 Å². The molecule has 0 heterocycles. The van der Waals surface area contributed by atoms with Gasteiger partial charge in [-0.15, -0.1) is 0 Å². The molecule has 108 valence electrons. The Morgan fingerprint density at radius 3 is 1.90 bits per heavy atom. The molecule has 0 unspecified atom stereocenters. The van der Waals surface area contributed by atoms with Crippen LogP contribution in [-0.2, 0) is 6.54 Å². The minimum atomic E-state index is 0.218. The summed E-state index contributed by atoms with van der Waals surface area (Å²) in [5.41, 5.74) is 1.38. The summed E-state index contributed by atoms with van der Waals surface area (Å²) in [6, 6.07) is 19.4. The lowest BCUT2D eigenvalue weighted by Crippen LogP contribution is -2.41. The van der Waals surface area contributed by atoms with Gasteiger partial charge in [-0.25, -0.2) is 0 Å². The monoisotopic (exact) mass is 280 g/mol. The van der Waals surface area contributed by atoms with Crippen molar-refractivity contribution in [2.24, 2.45) is 0 Å². The summed E-state index contributed by atoms with van der Waals surface area (Å²) in [7, 11) is 4.35. The van der Waals surface area contributed by atoms with Crippen molar-refractivity contribution in [3.8, 4) is 0 Å². The molecule has 0 saturated carbocycles. The Morgan fingerprint density at radius 2 is 1.38 bits per heavy atom. The van der Waals surface area contributed by atoms with Gasteiger partial charge >= 0.3 is 0 Å². The number of likely N-dealkylation sites (N-methyl/N-ethyl adjacent to an activating group) is 1. The van der Waals surface area contributed by atoms with Gasteiger partial charge in [0.15, 0.2) is 0 Å². The number of rotatable bonds is 4. The normalized spacial score (nSPS) is 12.1. The number of aliphatic hydroxyl groups excluding tert-OH is 1. The fourth-order valence-corrected chi connectivity index (χ4v) is 3.06. The molecule has 0 aliphatic heterocycles. The molecule has 0 aromatic heterocycles. The Kier molecular flexibility index (Phi) is 3.66. The van der Waals surface area contributed by atoms with Gasteiger partial charge in [0, 0.05) is 5.56 Å². The number of quaternary nitrogens is 1. The molecule has 0 spiro atoms. The van der Waals surface area contributed by atoms with Gasteiger partial charge in [0.05, 0.1) is 20.7 Å². The van der Waals surface area contributed by atoms with Crippen molar-refractivity contribution >= 4 is 21.5 Å². The number of benzene rings is 3. The molecule has 0 amide bonds. The summed E-state index contributed by atoms with van der Waals surface area (Å²) >= 11 is 0. The second-order valence-electron chi connectivity index (χ2n) is 6.34. The van der Waals surface area contributed by atoms with Crippen molar-refractivity contribution in [1.82, 2.24) is 0 Å². The average Bonchev–Trinajstić information content (AvgIpc) is 2.47. The van der Waals surface area contributed by atoms with E-state index < -0.39 is 0 Å². The second kappa shape index (κ2) is 5.47. The maximum Gasteiger partial charge on any atom is 0.105 e. The number of hydrogen-bond donors (Lipinski definition) is 1. The Labute approximate surface area is 125 Å². The molecular weight excluding hydrogens is 258 g/mol. The highest BCUT2D eigenvalue weighted by Crippen LogP contribution is 2.30. The van der Waals surface area contributed by atoms with Crippen molar-refractivity contribution < 1.29 is 9.59 Å². The molecule has 2 heteroatoms. The van der Waals surface area contributed by atoms with E-state index in [-0.39, 0.29) is 6.61 Å². The molecule has 0 bridgehead atoms. The van der Waals surface area contributed by atoms with E-state index >= 15 is 0 Å². The van der Waals surface area contributed by atoms with E-state index in [0.29, 0.717) is 0 Å². The zero-order valence-corrected chi connectivity index (χ0v) is 12.7. The molecule has 1 N–H and O–H groups in total. The first-order chi connectivity index (χ1) is 10.1. The molecule has 3 aromatic rings. The SMILES string of the molecule is C[N+](C)(CCO)Cc1c2ccccc2cc2ccccc12. The lowest BCUT2D eigenvalue weighted by Gasteiger charge is -2.30. The summed E-state index contributed by atoms with van der Waals surface area (Å²) in [6.07, 6.45) is 0. The Hall–Kier alpha value is -1.90. The van der Waals surface area contributed by atoms with Crippen LogP contribution in [0.3, 0.4) is 0 Å². The summed E-state index contributed by atoms with van der Waals surface area (Å²) in [6.45, 7) is 1.90. The van der Waals surface area contributed by atoms with E-state index in [0.717, 1.165) is 17.6 Å². The van der Waals surface area contributed by atoms with Gasteiger partial charge in [0.1, 0.15) is 13.1 Å². The van der Waals surface area contributed by atoms with Crippen LogP contribution in [0.15, 0.2) is 54.6 Å². The number of nitrogens with zero attached hydrogens (tertiary/aromatic N) is 1. The summed E-state index contributed by atoms with van der Waals surface area (Å²) in [5.74, 6) is 0. The zero-order chi connectivity index (χ0) is 14.9. The summed E-state index contributed by atoms with van der Waals surface area (Å²) in [5, 5.41) is 14.5. The van der Waals surface area contributed by atoms with Crippen LogP contribution in [0.5, 0.6) is 0 Å². The van der Waals surface area contributed by atoms with E-state index in [4.69, 9.17) is 0 Å². The standard InChI is InChI=1S/C19H22NO/c1-20(2,11-12-21)14-19-17-9-5-3-7-15(17)13-16-8-4-6-10-18(16)19/h3-10,13,21H,11-12,14H2,1-2H3/q+1. The first-order valence-corrected chi connectivity index (χ1v) is 7.43. The predicted octanol–water partition coefficient (Wildman–Crippen LogP) is 3.56. The molecule has 0 fully saturated rings. The lowest BCUT2D eigenvalue weighted by molar-refractivity contribution is -0.903. The highest BCUT2D eigenvalue weighted by Gasteiger charge is 2.18. The third kappa shape index (κ3) is 2.78. The maximum absolute atomic E-state index is 9.29. The fourth-order valence-electron chi connectivity index (χ4n) is 3.06. The minimum Gasteiger partial charge on any atom is -0.391 e. The molecule has 2 nitrogen and oxygen atoms in total. The van der Waals surface area contributed by atoms with Gasteiger partial charge in [-0.05, 0) is 27.6 Å². The number of aliphatic hydroxyl groups is 1. The Morgan fingerprint density at radius 1 is 0.857 bits per heavy atom. The van der Waals surface area contributed by atoms with Crippen molar-refractivity contribution in [3.63, 3.8) is 0 Å². The Balaban J connectivity index is 2.25. The van der Waals surface area contributed by atoms with Crippen LogP contribution in [0, 0.1) is 0 Å². The minimum absolute atomic E-state index is 0.218. The molecule has 0 saturated heterocycles. The van der Waals surface area contributed by atoms with Gasteiger partial charge in [0.25, 0.3) is 0 Å². The first-order valence-electron chi connectivity index (χ1n) is 7.43.